The van der Waals surface area contributed by atoms with E-state index in [0.717, 1.165) is 18.1 Å². The van der Waals surface area contributed by atoms with E-state index in [9.17, 15) is 19.2 Å². The third-order valence-electron chi connectivity index (χ3n) is 5.13. The highest BCUT2D eigenvalue weighted by Gasteiger charge is 2.44. The Bertz CT molecular complexity index is 723. The Labute approximate surface area is 245 Å². The fraction of sp³-hybridized carbons (Fsp3) is 0.760. The van der Waals surface area contributed by atoms with Gasteiger partial charge in [-0.25, -0.2) is 4.79 Å². The molecule has 40 heavy (non-hydrogen) atoms. The molecule has 0 aromatic carbocycles. The zero-order valence-corrected chi connectivity index (χ0v) is 29.2. The van der Waals surface area contributed by atoms with Gasteiger partial charge in [-0.15, -0.1) is 0 Å². The van der Waals surface area contributed by atoms with Gasteiger partial charge in [0.2, 0.25) is 0 Å². The van der Waals surface area contributed by atoms with Crippen LogP contribution in [0.4, 0.5) is 0 Å². The Hall–Kier alpha value is -1.63. The third kappa shape index (κ3) is 21.2. The van der Waals surface area contributed by atoms with Gasteiger partial charge in [0.05, 0.1) is 26.4 Å². The molecule has 11 nitrogen and oxygen atoms in total. The van der Waals surface area contributed by atoms with Crippen molar-refractivity contribution in [2.24, 2.45) is 0 Å². The van der Waals surface area contributed by atoms with E-state index in [4.69, 9.17) is 31.3 Å². The Morgan fingerprint density at radius 1 is 0.575 bits per heavy atom. The summed E-state index contributed by atoms with van der Waals surface area (Å²) in [5.74, 6) is -1.39. The number of ether oxygens (including phenoxy) is 4. The summed E-state index contributed by atoms with van der Waals surface area (Å²) in [6.45, 7) is 16.6. The molecule has 0 saturated heterocycles. The van der Waals surface area contributed by atoms with E-state index >= 15 is 0 Å². The van der Waals surface area contributed by atoms with Crippen molar-refractivity contribution in [3.63, 3.8) is 0 Å². The zero-order chi connectivity index (χ0) is 30.6. The molecule has 0 amide bonds. The van der Waals surface area contributed by atoms with Crippen molar-refractivity contribution in [2.75, 3.05) is 26.4 Å². The minimum Gasteiger partial charge on any atom is -0.466 e. The molecule has 0 saturated carbocycles. The predicted molar refractivity (Wildman–Crippen MR) is 157 cm³/mol. The molecule has 0 spiro atoms. The largest absolute Gasteiger partial charge is 0.469 e. The van der Waals surface area contributed by atoms with Crippen LogP contribution >= 0.6 is 0 Å². The van der Waals surface area contributed by atoms with Gasteiger partial charge >= 0.3 is 32.7 Å². The topological polar surface area (TPSA) is 133 Å². The van der Waals surface area contributed by atoms with Gasteiger partial charge in [-0.3, -0.25) is 14.4 Å². The lowest BCUT2D eigenvalue weighted by molar-refractivity contribution is -0.141. The molecule has 0 fully saturated rings. The first-order valence-electron chi connectivity index (χ1n) is 13.5. The van der Waals surface area contributed by atoms with Crippen LogP contribution in [-0.4, -0.2) is 86.2 Å². The average molecular weight is 636 g/mol. The molecule has 0 bridgehead atoms. The zero-order valence-electron chi connectivity index (χ0n) is 25.2. The van der Waals surface area contributed by atoms with Crippen LogP contribution in [0.1, 0.15) is 53.4 Å². The maximum atomic E-state index is 11.9. The van der Waals surface area contributed by atoms with Gasteiger partial charge in [-0.05, 0) is 70.4 Å². The maximum Gasteiger partial charge on any atom is 0.469 e. The number of carbonyl (C=O) groups excluding carboxylic acids is 4. The van der Waals surface area contributed by atoms with E-state index in [1.807, 2.05) is 19.6 Å². The molecule has 0 aliphatic rings. The first kappa shape index (κ1) is 38.4. The van der Waals surface area contributed by atoms with Gasteiger partial charge in [0.25, 0.3) is 0 Å². The normalized spacial score (nSPS) is 11.6. The van der Waals surface area contributed by atoms with Crippen molar-refractivity contribution < 1.29 is 50.5 Å². The first-order chi connectivity index (χ1) is 18.8. The van der Waals surface area contributed by atoms with Crippen LogP contribution in [0.5, 0.6) is 0 Å². The summed E-state index contributed by atoms with van der Waals surface area (Å²) in [7, 11) is -7.37. The van der Waals surface area contributed by atoms with Crippen LogP contribution < -0.4 is 0 Å². The van der Waals surface area contributed by atoms with Gasteiger partial charge in [-0.1, -0.05) is 6.58 Å². The van der Waals surface area contributed by atoms with Gasteiger partial charge < -0.3 is 31.3 Å². The number of hydrogen-bond acceptors (Lipinski definition) is 11. The Kier molecular flexibility index (Phi) is 21.1. The smallest absolute Gasteiger partial charge is 0.466 e. The summed E-state index contributed by atoms with van der Waals surface area (Å²) in [4.78, 5) is 45.2. The van der Waals surface area contributed by atoms with Gasteiger partial charge in [0.15, 0.2) is 27.1 Å². The van der Waals surface area contributed by atoms with Crippen LogP contribution in [0.2, 0.25) is 43.8 Å². The summed E-state index contributed by atoms with van der Waals surface area (Å²) in [5, 5.41) is 0. The molecule has 0 aromatic heterocycles. The van der Waals surface area contributed by atoms with Gasteiger partial charge in [0, 0.05) is 32.4 Å². The Morgan fingerprint density at radius 2 is 0.900 bits per heavy atom. The summed E-state index contributed by atoms with van der Waals surface area (Å²) >= 11 is 0. The van der Waals surface area contributed by atoms with Crippen molar-refractivity contribution in [2.45, 2.75) is 97.2 Å². The molecule has 0 rings (SSSR count). The van der Waals surface area contributed by atoms with Crippen molar-refractivity contribution in [1.82, 2.24) is 0 Å². The Balaban J connectivity index is 5.61. The van der Waals surface area contributed by atoms with E-state index in [1.165, 1.54) is 20.8 Å². The lowest BCUT2D eigenvalue weighted by Gasteiger charge is -2.36. The Morgan fingerprint density at radius 3 is 1.20 bits per heavy atom. The number of rotatable bonds is 23. The molecule has 0 aliphatic heterocycles. The van der Waals surface area contributed by atoms with Crippen molar-refractivity contribution in [1.29, 1.82) is 0 Å². The molecule has 0 heterocycles. The minimum atomic E-state index is -3.23. The van der Waals surface area contributed by atoms with Crippen molar-refractivity contribution >= 4 is 59.8 Å². The SMILES string of the molecule is C=C(C)C(=O)OCCC[Si](O[Si](C)CCCOC(C)=O)(O[Si](C)CCCOC(C)=O)O[Si](C)CCCOC(C)=O. The molecule has 3 radical (unpaired) electrons. The number of esters is 4. The fourth-order valence-corrected chi connectivity index (χ4v) is 16.3. The van der Waals surface area contributed by atoms with Crippen LogP contribution in [0, 0.1) is 0 Å². The lowest BCUT2D eigenvalue weighted by atomic mass is 10.4. The minimum absolute atomic E-state index is 0.186. The third-order valence-corrected chi connectivity index (χ3v) is 17.2. The van der Waals surface area contributed by atoms with Crippen LogP contribution in [-0.2, 0) is 50.5 Å². The molecule has 15 heteroatoms. The highest BCUT2D eigenvalue weighted by atomic mass is 28.5. The maximum absolute atomic E-state index is 11.9. The second-order valence-electron chi connectivity index (χ2n) is 9.45. The second kappa shape index (κ2) is 22.0. The molecule has 0 unspecified atom stereocenters. The van der Waals surface area contributed by atoms with E-state index in [1.54, 1.807) is 6.92 Å². The molecule has 0 aliphatic carbocycles. The summed E-state index contributed by atoms with van der Waals surface area (Å²) in [6.07, 6.45) is 2.51. The molecule has 0 aromatic rings. The van der Waals surface area contributed by atoms with Crippen molar-refractivity contribution in [3.8, 4) is 0 Å². The summed E-state index contributed by atoms with van der Waals surface area (Å²) in [6, 6.07) is 2.68. The molecular weight excluding hydrogens is 589 g/mol. The summed E-state index contributed by atoms with van der Waals surface area (Å²) < 4.78 is 40.6. The van der Waals surface area contributed by atoms with E-state index in [2.05, 4.69) is 6.58 Å². The lowest BCUT2D eigenvalue weighted by Crippen LogP contribution is -2.54. The standard InChI is InChI=1S/C25H47O11Si4/c1-21(2)25(29)33-16-12-20-40(34-37(6)17-9-13-30-22(3)26,35-38(7)18-10-14-31-23(4)27)36-39(8)19-11-15-32-24(5)28/h1,9-20H2,2-8H3. The molecule has 0 N–H and O–H groups in total. The molecule has 0 atom stereocenters. The van der Waals surface area contributed by atoms with E-state index in [-0.39, 0.29) is 24.5 Å². The highest BCUT2D eigenvalue weighted by Crippen LogP contribution is 2.25. The van der Waals surface area contributed by atoms with Crippen LogP contribution in [0.15, 0.2) is 12.2 Å². The molecular formula is C25H47O11Si4. The van der Waals surface area contributed by atoms with E-state index in [0.29, 0.717) is 57.1 Å². The quantitative estimate of drug-likeness (QED) is 0.0526. The molecule has 229 valence electrons. The average Bonchev–Trinajstić information content (AvgIpc) is 2.84. The van der Waals surface area contributed by atoms with E-state index < -0.39 is 41.9 Å². The first-order valence-corrected chi connectivity index (χ1v) is 21.8. The number of hydrogen-bond donors (Lipinski definition) is 0. The second-order valence-corrected chi connectivity index (χ2v) is 19.5. The monoisotopic (exact) mass is 635 g/mol. The van der Waals surface area contributed by atoms with Crippen LogP contribution in [0.25, 0.3) is 0 Å². The van der Waals surface area contributed by atoms with Crippen LogP contribution in [0.3, 0.4) is 0 Å². The highest BCUT2D eigenvalue weighted by molar-refractivity contribution is 6.80. The summed E-state index contributed by atoms with van der Waals surface area (Å²) in [5.41, 5.74) is 0.331. The number of carbonyl (C=O) groups is 4. The fourth-order valence-electron chi connectivity index (χ4n) is 3.35. The predicted octanol–water partition coefficient (Wildman–Crippen LogP) is 4.21. The van der Waals surface area contributed by atoms with Crippen molar-refractivity contribution in [3.05, 3.63) is 12.2 Å². The van der Waals surface area contributed by atoms with Gasteiger partial charge in [0.1, 0.15) is 0 Å². The van der Waals surface area contributed by atoms with Gasteiger partial charge in [-0.2, -0.15) is 0 Å².